The van der Waals surface area contributed by atoms with Crippen molar-refractivity contribution in [2.45, 2.75) is 13.5 Å². The van der Waals surface area contributed by atoms with E-state index in [1.165, 1.54) is 13.3 Å². The number of benzene rings is 1. The maximum atomic E-state index is 12.2. The van der Waals surface area contributed by atoms with Gasteiger partial charge < -0.3 is 14.7 Å². The van der Waals surface area contributed by atoms with Gasteiger partial charge in [0.05, 0.1) is 18.9 Å². The minimum absolute atomic E-state index is 0.0795. The van der Waals surface area contributed by atoms with E-state index >= 15 is 0 Å². The third-order valence-electron chi connectivity index (χ3n) is 3.07. The number of ether oxygens (including phenoxy) is 1. The number of hydrogen-bond acceptors (Lipinski definition) is 4. The Morgan fingerprint density at radius 1 is 1.50 bits per heavy atom. The van der Waals surface area contributed by atoms with Crippen molar-refractivity contribution < 1.29 is 14.6 Å². The summed E-state index contributed by atoms with van der Waals surface area (Å²) in [6, 6.07) is 5.01. The zero-order valence-electron chi connectivity index (χ0n) is 11.7. The quantitative estimate of drug-likeness (QED) is 0.890. The molecule has 0 saturated heterocycles. The highest BCUT2D eigenvalue weighted by Crippen LogP contribution is 2.26. The third-order valence-corrected chi connectivity index (χ3v) is 3.07. The number of H-pyrrole nitrogens is 1. The van der Waals surface area contributed by atoms with E-state index in [4.69, 9.17) is 4.74 Å². The second-order valence-corrected chi connectivity index (χ2v) is 4.58. The molecule has 2 aromatic rings. The van der Waals surface area contributed by atoms with Crippen LogP contribution in [0.15, 0.2) is 24.4 Å². The van der Waals surface area contributed by atoms with Gasteiger partial charge >= 0.3 is 0 Å². The molecule has 6 nitrogen and oxygen atoms in total. The topological polar surface area (TPSA) is 78.5 Å². The Morgan fingerprint density at radius 3 is 2.85 bits per heavy atom. The molecule has 0 aliphatic heterocycles. The Bertz CT molecular complexity index is 622. The molecular formula is C14H17N3O3. The number of aromatic hydroxyl groups is 1. The highest BCUT2D eigenvalue weighted by molar-refractivity contribution is 5.94. The van der Waals surface area contributed by atoms with E-state index in [0.29, 0.717) is 17.9 Å². The Labute approximate surface area is 117 Å². The Hall–Kier alpha value is -2.50. The number of phenolic OH excluding ortho intramolecular Hbond substituents is 1. The van der Waals surface area contributed by atoms with Gasteiger partial charge in [-0.05, 0) is 24.6 Å². The number of aromatic amines is 1. The molecule has 0 aliphatic carbocycles. The van der Waals surface area contributed by atoms with Crippen LogP contribution >= 0.6 is 0 Å². The number of carbonyl (C=O) groups excluding carboxylic acids is 1. The second-order valence-electron chi connectivity index (χ2n) is 4.58. The van der Waals surface area contributed by atoms with Crippen LogP contribution in [0.3, 0.4) is 0 Å². The molecule has 0 radical (unpaired) electrons. The normalized spacial score (nSPS) is 10.3. The van der Waals surface area contributed by atoms with Crippen LogP contribution in [0.1, 0.15) is 21.6 Å². The van der Waals surface area contributed by atoms with Crippen molar-refractivity contribution in [3.63, 3.8) is 0 Å². The first-order valence-corrected chi connectivity index (χ1v) is 6.14. The molecule has 6 heteroatoms. The van der Waals surface area contributed by atoms with Crippen LogP contribution in [-0.2, 0) is 6.54 Å². The van der Waals surface area contributed by atoms with Crippen LogP contribution in [-0.4, -0.2) is 40.3 Å². The molecule has 106 valence electrons. The van der Waals surface area contributed by atoms with Gasteiger partial charge in [0, 0.05) is 19.3 Å². The van der Waals surface area contributed by atoms with E-state index < -0.39 is 0 Å². The van der Waals surface area contributed by atoms with E-state index in [1.807, 2.05) is 0 Å². The monoisotopic (exact) mass is 275 g/mol. The fourth-order valence-electron chi connectivity index (χ4n) is 1.94. The SMILES string of the molecule is COc1cc(CN(C)C(=O)c2cn[nH]c2C)ccc1O. The summed E-state index contributed by atoms with van der Waals surface area (Å²) >= 11 is 0. The summed E-state index contributed by atoms with van der Waals surface area (Å²) in [5, 5.41) is 16.1. The number of rotatable bonds is 4. The minimum atomic E-state index is -0.108. The molecule has 0 unspecified atom stereocenters. The molecule has 1 aromatic heterocycles. The van der Waals surface area contributed by atoms with Crippen LogP contribution in [0, 0.1) is 6.92 Å². The van der Waals surface area contributed by atoms with Crippen LogP contribution in [0.5, 0.6) is 11.5 Å². The predicted octanol–water partition coefficient (Wildman–Crippen LogP) is 1.70. The molecule has 20 heavy (non-hydrogen) atoms. The number of amides is 1. The number of hydrogen-bond donors (Lipinski definition) is 2. The van der Waals surface area contributed by atoms with Crippen LogP contribution < -0.4 is 4.74 Å². The molecule has 2 rings (SSSR count). The van der Waals surface area contributed by atoms with Crippen LogP contribution in [0.2, 0.25) is 0 Å². The van der Waals surface area contributed by atoms with E-state index in [2.05, 4.69) is 10.2 Å². The molecule has 1 aromatic carbocycles. The van der Waals surface area contributed by atoms with Crippen molar-refractivity contribution >= 4 is 5.91 Å². The van der Waals surface area contributed by atoms with Gasteiger partial charge in [0.2, 0.25) is 0 Å². The van der Waals surface area contributed by atoms with Gasteiger partial charge in [-0.1, -0.05) is 6.07 Å². The zero-order chi connectivity index (χ0) is 14.7. The third kappa shape index (κ3) is 2.74. The fourth-order valence-corrected chi connectivity index (χ4v) is 1.94. The second kappa shape index (κ2) is 5.64. The molecule has 0 aliphatic rings. The number of carbonyl (C=O) groups is 1. The van der Waals surface area contributed by atoms with Crippen molar-refractivity contribution in [1.29, 1.82) is 0 Å². The number of nitrogens with one attached hydrogen (secondary N) is 1. The lowest BCUT2D eigenvalue weighted by atomic mass is 10.1. The Morgan fingerprint density at radius 2 is 2.25 bits per heavy atom. The Balaban J connectivity index is 2.14. The van der Waals surface area contributed by atoms with Crippen LogP contribution in [0.25, 0.3) is 0 Å². The molecule has 0 bridgehead atoms. The fraction of sp³-hybridized carbons (Fsp3) is 0.286. The molecule has 1 amide bonds. The van der Waals surface area contributed by atoms with Crippen molar-refractivity contribution in [3.05, 3.63) is 41.2 Å². The lowest BCUT2D eigenvalue weighted by Gasteiger charge is -2.17. The molecule has 0 atom stereocenters. The summed E-state index contributed by atoms with van der Waals surface area (Å²) in [7, 11) is 3.21. The highest BCUT2D eigenvalue weighted by Gasteiger charge is 2.16. The van der Waals surface area contributed by atoms with Crippen molar-refractivity contribution in [2.75, 3.05) is 14.2 Å². The van der Waals surface area contributed by atoms with E-state index in [0.717, 1.165) is 11.3 Å². The highest BCUT2D eigenvalue weighted by atomic mass is 16.5. The summed E-state index contributed by atoms with van der Waals surface area (Å²) in [6.45, 7) is 2.22. The maximum Gasteiger partial charge on any atom is 0.257 e. The van der Waals surface area contributed by atoms with E-state index in [9.17, 15) is 9.90 Å². The Kier molecular flexibility index (Phi) is 3.93. The summed E-state index contributed by atoms with van der Waals surface area (Å²) in [5.41, 5.74) is 2.17. The molecule has 0 fully saturated rings. The van der Waals surface area contributed by atoms with Crippen molar-refractivity contribution in [2.24, 2.45) is 0 Å². The van der Waals surface area contributed by atoms with E-state index in [1.54, 1.807) is 37.1 Å². The zero-order valence-corrected chi connectivity index (χ0v) is 11.7. The summed E-state index contributed by atoms with van der Waals surface area (Å²) < 4.78 is 5.05. The smallest absolute Gasteiger partial charge is 0.257 e. The number of aryl methyl sites for hydroxylation is 1. The molecule has 0 saturated carbocycles. The van der Waals surface area contributed by atoms with Gasteiger partial charge in [-0.15, -0.1) is 0 Å². The number of phenols is 1. The van der Waals surface area contributed by atoms with Gasteiger partial charge in [0.15, 0.2) is 11.5 Å². The van der Waals surface area contributed by atoms with Gasteiger partial charge in [-0.25, -0.2) is 0 Å². The lowest BCUT2D eigenvalue weighted by molar-refractivity contribution is 0.0784. The first kappa shape index (κ1) is 13.9. The maximum absolute atomic E-state index is 12.2. The lowest BCUT2D eigenvalue weighted by Crippen LogP contribution is -2.26. The first-order chi connectivity index (χ1) is 9.52. The predicted molar refractivity (Wildman–Crippen MR) is 73.8 cm³/mol. The number of nitrogens with zero attached hydrogens (tertiary/aromatic N) is 2. The minimum Gasteiger partial charge on any atom is -0.504 e. The van der Waals surface area contributed by atoms with Gasteiger partial charge in [0.25, 0.3) is 5.91 Å². The largest absolute Gasteiger partial charge is 0.504 e. The molecule has 2 N–H and O–H groups in total. The van der Waals surface area contributed by atoms with Gasteiger partial charge in [-0.2, -0.15) is 5.10 Å². The molecule has 0 spiro atoms. The summed E-state index contributed by atoms with van der Waals surface area (Å²) in [6.07, 6.45) is 1.52. The molecular weight excluding hydrogens is 258 g/mol. The van der Waals surface area contributed by atoms with E-state index in [-0.39, 0.29) is 11.7 Å². The summed E-state index contributed by atoms with van der Waals surface area (Å²) in [5.74, 6) is 0.363. The average Bonchev–Trinajstić information content (AvgIpc) is 2.86. The van der Waals surface area contributed by atoms with Crippen molar-refractivity contribution in [3.8, 4) is 11.5 Å². The first-order valence-electron chi connectivity index (χ1n) is 6.14. The number of aromatic nitrogens is 2. The standard InChI is InChI=1S/C14H17N3O3/c1-9-11(7-15-16-9)14(19)17(2)8-10-4-5-12(18)13(6-10)20-3/h4-7,18H,8H2,1-3H3,(H,15,16). The van der Waals surface area contributed by atoms with Gasteiger partial charge in [-0.3, -0.25) is 9.89 Å². The van der Waals surface area contributed by atoms with Gasteiger partial charge in [0.1, 0.15) is 0 Å². The number of methoxy groups -OCH3 is 1. The van der Waals surface area contributed by atoms with Crippen molar-refractivity contribution in [1.82, 2.24) is 15.1 Å². The molecule has 1 heterocycles. The van der Waals surface area contributed by atoms with Crippen LogP contribution in [0.4, 0.5) is 0 Å². The summed E-state index contributed by atoms with van der Waals surface area (Å²) in [4.78, 5) is 13.8. The average molecular weight is 275 g/mol.